The Morgan fingerprint density at radius 3 is 2.93 bits per heavy atom. The fraction of sp³-hybridized carbons (Fsp3) is 0.909. The SMILES string of the molecule is CCNCCCNC(=O)C1CCCCS1. The lowest BCUT2D eigenvalue weighted by molar-refractivity contribution is -0.120. The minimum atomic E-state index is 0.220. The third-order valence-corrected chi connectivity index (χ3v) is 3.93. The van der Waals surface area contributed by atoms with E-state index in [-0.39, 0.29) is 11.2 Å². The number of carbonyl (C=O) groups excluding carboxylic acids is 1. The zero-order chi connectivity index (χ0) is 10.9. The van der Waals surface area contributed by atoms with Crippen LogP contribution in [0.5, 0.6) is 0 Å². The molecule has 0 aliphatic carbocycles. The van der Waals surface area contributed by atoms with Gasteiger partial charge in [0.2, 0.25) is 5.91 Å². The molecule has 1 fully saturated rings. The van der Waals surface area contributed by atoms with Gasteiger partial charge >= 0.3 is 0 Å². The van der Waals surface area contributed by atoms with Crippen molar-refractivity contribution in [2.75, 3.05) is 25.4 Å². The molecule has 15 heavy (non-hydrogen) atoms. The Hall–Kier alpha value is -0.220. The van der Waals surface area contributed by atoms with E-state index < -0.39 is 0 Å². The van der Waals surface area contributed by atoms with Gasteiger partial charge in [0.15, 0.2) is 0 Å². The molecule has 1 aliphatic heterocycles. The average Bonchev–Trinajstić information content (AvgIpc) is 2.30. The van der Waals surface area contributed by atoms with Crippen molar-refractivity contribution in [3.63, 3.8) is 0 Å². The monoisotopic (exact) mass is 230 g/mol. The van der Waals surface area contributed by atoms with Crippen molar-refractivity contribution in [2.24, 2.45) is 0 Å². The molecule has 2 N–H and O–H groups in total. The Balaban J connectivity index is 2.02. The number of nitrogens with one attached hydrogen (secondary N) is 2. The lowest BCUT2D eigenvalue weighted by Gasteiger charge is -2.20. The quantitative estimate of drug-likeness (QED) is 0.678. The van der Waals surface area contributed by atoms with E-state index in [2.05, 4.69) is 17.6 Å². The van der Waals surface area contributed by atoms with E-state index in [1.165, 1.54) is 12.8 Å². The second kappa shape index (κ2) is 7.99. The van der Waals surface area contributed by atoms with Gasteiger partial charge in [0.1, 0.15) is 0 Å². The summed E-state index contributed by atoms with van der Waals surface area (Å²) in [5.74, 6) is 1.39. The van der Waals surface area contributed by atoms with Crippen LogP contribution in [0, 0.1) is 0 Å². The van der Waals surface area contributed by atoms with Gasteiger partial charge in [0.05, 0.1) is 5.25 Å². The van der Waals surface area contributed by atoms with Crippen molar-refractivity contribution in [1.82, 2.24) is 10.6 Å². The van der Waals surface area contributed by atoms with Crippen LogP contribution in [0.25, 0.3) is 0 Å². The molecule has 0 bridgehead atoms. The summed E-state index contributed by atoms with van der Waals surface area (Å²) in [6.45, 7) is 4.90. The van der Waals surface area contributed by atoms with Crippen LogP contribution in [0.2, 0.25) is 0 Å². The van der Waals surface area contributed by atoms with Gasteiger partial charge in [-0.3, -0.25) is 4.79 Å². The maximum atomic E-state index is 11.7. The Labute approximate surface area is 96.8 Å². The molecule has 3 nitrogen and oxygen atoms in total. The van der Waals surface area contributed by atoms with Crippen LogP contribution in [0.4, 0.5) is 0 Å². The molecule has 0 aromatic rings. The molecular weight excluding hydrogens is 208 g/mol. The van der Waals surface area contributed by atoms with E-state index >= 15 is 0 Å². The van der Waals surface area contributed by atoms with E-state index in [1.54, 1.807) is 0 Å². The smallest absolute Gasteiger partial charge is 0.233 e. The molecule has 0 saturated carbocycles. The van der Waals surface area contributed by atoms with Gasteiger partial charge in [0.25, 0.3) is 0 Å². The fourth-order valence-electron chi connectivity index (χ4n) is 1.66. The standard InChI is InChI=1S/C11H22N2OS/c1-2-12-7-5-8-13-11(14)10-6-3-4-9-15-10/h10,12H,2-9H2,1H3,(H,13,14). The number of amides is 1. The number of hydrogen-bond acceptors (Lipinski definition) is 3. The third kappa shape index (κ3) is 5.42. The Kier molecular flexibility index (Phi) is 6.85. The van der Waals surface area contributed by atoms with Gasteiger partial charge in [0, 0.05) is 6.54 Å². The average molecular weight is 230 g/mol. The van der Waals surface area contributed by atoms with Crippen molar-refractivity contribution in [3.05, 3.63) is 0 Å². The lowest BCUT2D eigenvalue weighted by Crippen LogP contribution is -2.35. The predicted molar refractivity (Wildman–Crippen MR) is 66.3 cm³/mol. The largest absolute Gasteiger partial charge is 0.355 e. The molecule has 1 aliphatic rings. The highest BCUT2D eigenvalue weighted by molar-refractivity contribution is 8.00. The second-order valence-electron chi connectivity index (χ2n) is 3.85. The first kappa shape index (κ1) is 12.8. The molecule has 0 radical (unpaired) electrons. The van der Waals surface area contributed by atoms with Crippen LogP contribution in [0.3, 0.4) is 0 Å². The highest BCUT2D eigenvalue weighted by Crippen LogP contribution is 2.24. The van der Waals surface area contributed by atoms with Crippen LogP contribution in [-0.2, 0) is 4.79 Å². The van der Waals surface area contributed by atoms with Crippen molar-refractivity contribution in [3.8, 4) is 0 Å². The van der Waals surface area contributed by atoms with Crippen LogP contribution >= 0.6 is 11.8 Å². The maximum absolute atomic E-state index is 11.7. The molecule has 1 rings (SSSR count). The molecule has 1 atom stereocenters. The minimum absolute atomic E-state index is 0.220. The molecule has 0 aromatic heterocycles. The lowest BCUT2D eigenvalue weighted by atomic mass is 10.2. The van der Waals surface area contributed by atoms with E-state index in [9.17, 15) is 4.79 Å². The number of rotatable bonds is 6. The summed E-state index contributed by atoms with van der Waals surface area (Å²) in [4.78, 5) is 11.7. The number of carbonyl (C=O) groups is 1. The molecule has 0 spiro atoms. The topological polar surface area (TPSA) is 41.1 Å². The normalized spacial score (nSPS) is 21.3. The van der Waals surface area contributed by atoms with E-state index in [1.807, 2.05) is 11.8 Å². The fourth-order valence-corrected chi connectivity index (χ4v) is 2.89. The molecule has 0 aromatic carbocycles. The number of hydrogen-bond donors (Lipinski definition) is 2. The highest BCUT2D eigenvalue weighted by atomic mass is 32.2. The molecule has 1 amide bonds. The Morgan fingerprint density at radius 2 is 2.27 bits per heavy atom. The zero-order valence-corrected chi connectivity index (χ0v) is 10.4. The van der Waals surface area contributed by atoms with Crippen LogP contribution < -0.4 is 10.6 Å². The van der Waals surface area contributed by atoms with E-state index in [0.717, 1.165) is 38.2 Å². The van der Waals surface area contributed by atoms with Crippen LogP contribution in [0.15, 0.2) is 0 Å². The predicted octanol–water partition coefficient (Wildman–Crippen LogP) is 1.39. The highest BCUT2D eigenvalue weighted by Gasteiger charge is 2.20. The summed E-state index contributed by atoms with van der Waals surface area (Å²) in [6, 6.07) is 0. The summed E-state index contributed by atoms with van der Waals surface area (Å²) >= 11 is 1.81. The van der Waals surface area contributed by atoms with Crippen molar-refractivity contribution >= 4 is 17.7 Å². The first-order valence-corrected chi connectivity index (χ1v) is 6.99. The third-order valence-electron chi connectivity index (χ3n) is 2.55. The van der Waals surface area contributed by atoms with Gasteiger partial charge in [-0.25, -0.2) is 0 Å². The Bertz CT molecular complexity index is 181. The second-order valence-corrected chi connectivity index (χ2v) is 5.16. The van der Waals surface area contributed by atoms with E-state index in [4.69, 9.17) is 0 Å². The summed E-state index contributed by atoms with van der Waals surface area (Å²) < 4.78 is 0. The molecule has 88 valence electrons. The van der Waals surface area contributed by atoms with E-state index in [0.29, 0.717) is 0 Å². The van der Waals surface area contributed by atoms with Crippen molar-refractivity contribution < 1.29 is 4.79 Å². The summed E-state index contributed by atoms with van der Waals surface area (Å²) in [5.41, 5.74) is 0. The summed E-state index contributed by atoms with van der Waals surface area (Å²) in [6.07, 6.45) is 4.57. The molecule has 1 saturated heterocycles. The first-order valence-electron chi connectivity index (χ1n) is 5.94. The zero-order valence-electron chi connectivity index (χ0n) is 9.55. The van der Waals surface area contributed by atoms with Crippen LogP contribution in [0.1, 0.15) is 32.6 Å². The Morgan fingerprint density at radius 1 is 1.40 bits per heavy atom. The van der Waals surface area contributed by atoms with Crippen molar-refractivity contribution in [2.45, 2.75) is 37.9 Å². The van der Waals surface area contributed by atoms with Gasteiger partial charge in [-0.2, -0.15) is 0 Å². The molecule has 4 heteroatoms. The molecule has 1 heterocycles. The van der Waals surface area contributed by atoms with Crippen molar-refractivity contribution in [1.29, 1.82) is 0 Å². The first-order chi connectivity index (χ1) is 7.34. The minimum Gasteiger partial charge on any atom is -0.355 e. The maximum Gasteiger partial charge on any atom is 0.233 e. The van der Waals surface area contributed by atoms with Gasteiger partial charge in [-0.1, -0.05) is 13.3 Å². The van der Waals surface area contributed by atoms with Gasteiger partial charge in [-0.15, -0.1) is 11.8 Å². The van der Waals surface area contributed by atoms with Gasteiger partial charge < -0.3 is 10.6 Å². The van der Waals surface area contributed by atoms with Crippen LogP contribution in [-0.4, -0.2) is 36.5 Å². The number of thioether (sulfide) groups is 1. The van der Waals surface area contributed by atoms with Gasteiger partial charge in [-0.05, 0) is 38.1 Å². The summed E-state index contributed by atoms with van der Waals surface area (Å²) in [7, 11) is 0. The molecular formula is C11H22N2OS. The molecule has 1 unspecified atom stereocenters. The summed E-state index contributed by atoms with van der Waals surface area (Å²) in [5, 5.41) is 6.48.